The number of carboxylic acid groups (broad SMARTS) is 1. The number of aromatic carboxylic acids is 1. The zero-order valence-electron chi connectivity index (χ0n) is 11.7. The molecule has 0 aliphatic carbocycles. The van der Waals surface area contributed by atoms with E-state index in [0.29, 0.717) is 0 Å². The van der Waals surface area contributed by atoms with E-state index in [1.54, 1.807) is 0 Å². The van der Waals surface area contributed by atoms with E-state index < -0.39 is 11.9 Å². The number of hydrogen-bond donors (Lipinski definition) is 2. The van der Waals surface area contributed by atoms with Gasteiger partial charge in [0.25, 0.3) is 5.91 Å². The van der Waals surface area contributed by atoms with Crippen LogP contribution < -0.4 is 5.43 Å². The van der Waals surface area contributed by atoms with E-state index in [-0.39, 0.29) is 23.3 Å². The maximum absolute atomic E-state index is 12.3. The van der Waals surface area contributed by atoms with Crippen LogP contribution in [0.5, 0.6) is 0 Å². The van der Waals surface area contributed by atoms with Crippen molar-refractivity contribution in [1.82, 2.24) is 15.4 Å². The zero-order chi connectivity index (χ0) is 14.7. The molecule has 1 aliphatic rings. The molecular formula is C14H19N3O3. The van der Waals surface area contributed by atoms with Crippen LogP contribution in [-0.4, -0.2) is 39.1 Å². The lowest BCUT2D eigenvalue weighted by molar-refractivity contribution is 0.0363. The fourth-order valence-electron chi connectivity index (χ4n) is 2.57. The Balaban J connectivity index is 2.18. The molecule has 20 heavy (non-hydrogen) atoms. The zero-order valence-corrected chi connectivity index (χ0v) is 11.7. The third-order valence-electron chi connectivity index (χ3n) is 3.68. The van der Waals surface area contributed by atoms with Crippen molar-refractivity contribution < 1.29 is 14.7 Å². The van der Waals surface area contributed by atoms with Crippen LogP contribution in [0, 0.1) is 0 Å². The number of nitrogens with one attached hydrogen (secondary N) is 1. The van der Waals surface area contributed by atoms with Crippen LogP contribution in [0.25, 0.3) is 0 Å². The number of piperidine rings is 1. The summed E-state index contributed by atoms with van der Waals surface area (Å²) in [7, 11) is 0. The lowest BCUT2D eigenvalue weighted by Gasteiger charge is -2.38. The SMILES string of the molecule is CC1CCCC(C)N1NC(=O)c1ncccc1C(=O)O. The van der Waals surface area contributed by atoms with Crippen molar-refractivity contribution in [2.24, 2.45) is 0 Å². The van der Waals surface area contributed by atoms with Crippen molar-refractivity contribution in [2.45, 2.75) is 45.2 Å². The molecule has 6 heteroatoms. The second kappa shape index (κ2) is 6.00. The summed E-state index contributed by atoms with van der Waals surface area (Å²) in [6.45, 7) is 4.10. The van der Waals surface area contributed by atoms with Crippen LogP contribution in [-0.2, 0) is 0 Å². The Morgan fingerprint density at radius 2 is 2.00 bits per heavy atom. The molecule has 1 saturated heterocycles. The first-order valence-electron chi connectivity index (χ1n) is 6.78. The van der Waals surface area contributed by atoms with E-state index in [9.17, 15) is 9.59 Å². The van der Waals surface area contributed by atoms with E-state index in [1.807, 2.05) is 18.9 Å². The predicted octanol–water partition coefficient (Wildman–Crippen LogP) is 1.69. The normalized spacial score (nSPS) is 23.3. The third-order valence-corrected chi connectivity index (χ3v) is 3.68. The summed E-state index contributed by atoms with van der Waals surface area (Å²) >= 11 is 0. The van der Waals surface area contributed by atoms with Crippen molar-refractivity contribution in [3.05, 3.63) is 29.6 Å². The van der Waals surface area contributed by atoms with Crippen LogP contribution >= 0.6 is 0 Å². The average Bonchev–Trinajstić information content (AvgIpc) is 2.43. The molecule has 0 radical (unpaired) electrons. The Hall–Kier alpha value is -1.95. The average molecular weight is 277 g/mol. The highest BCUT2D eigenvalue weighted by Crippen LogP contribution is 2.20. The summed E-state index contributed by atoms with van der Waals surface area (Å²) in [5, 5.41) is 11.0. The highest BCUT2D eigenvalue weighted by Gasteiger charge is 2.28. The van der Waals surface area contributed by atoms with Gasteiger partial charge >= 0.3 is 5.97 Å². The Kier molecular flexibility index (Phi) is 4.34. The molecule has 1 amide bonds. The van der Waals surface area contributed by atoms with Crippen LogP contribution in [0.15, 0.2) is 18.3 Å². The Morgan fingerprint density at radius 1 is 1.35 bits per heavy atom. The molecule has 0 bridgehead atoms. The molecule has 108 valence electrons. The van der Waals surface area contributed by atoms with Gasteiger partial charge in [-0.2, -0.15) is 0 Å². The van der Waals surface area contributed by atoms with E-state index >= 15 is 0 Å². The number of rotatable bonds is 3. The number of hydrogen-bond acceptors (Lipinski definition) is 4. The molecule has 2 atom stereocenters. The second-order valence-electron chi connectivity index (χ2n) is 5.18. The summed E-state index contributed by atoms with van der Waals surface area (Å²) in [5.74, 6) is -1.62. The number of nitrogens with zero attached hydrogens (tertiary/aromatic N) is 2. The maximum atomic E-state index is 12.3. The largest absolute Gasteiger partial charge is 0.478 e. The van der Waals surface area contributed by atoms with Gasteiger partial charge in [-0.1, -0.05) is 6.42 Å². The minimum Gasteiger partial charge on any atom is -0.478 e. The van der Waals surface area contributed by atoms with Gasteiger partial charge < -0.3 is 5.11 Å². The summed E-state index contributed by atoms with van der Waals surface area (Å²) < 4.78 is 0. The Morgan fingerprint density at radius 3 is 2.60 bits per heavy atom. The number of carbonyl (C=O) groups is 2. The first-order valence-corrected chi connectivity index (χ1v) is 6.78. The highest BCUT2D eigenvalue weighted by molar-refractivity contribution is 6.03. The summed E-state index contributed by atoms with van der Waals surface area (Å²) in [5.41, 5.74) is 2.67. The smallest absolute Gasteiger partial charge is 0.338 e. The molecule has 0 aromatic carbocycles. The van der Waals surface area contributed by atoms with Gasteiger partial charge in [-0.05, 0) is 38.8 Å². The summed E-state index contributed by atoms with van der Waals surface area (Å²) in [4.78, 5) is 27.3. The number of pyridine rings is 1. The minimum absolute atomic E-state index is 0.0510. The van der Waals surface area contributed by atoms with Crippen molar-refractivity contribution in [3.8, 4) is 0 Å². The summed E-state index contributed by atoms with van der Waals surface area (Å²) in [6, 6.07) is 3.36. The molecule has 1 aromatic heterocycles. The van der Waals surface area contributed by atoms with E-state index in [1.165, 1.54) is 18.3 Å². The number of carbonyl (C=O) groups excluding carboxylic acids is 1. The van der Waals surface area contributed by atoms with Gasteiger partial charge in [0.1, 0.15) is 5.69 Å². The minimum atomic E-state index is -1.15. The first-order chi connectivity index (χ1) is 9.50. The molecule has 0 spiro atoms. The molecule has 2 rings (SSSR count). The van der Waals surface area contributed by atoms with Gasteiger partial charge in [0.05, 0.1) is 5.56 Å². The van der Waals surface area contributed by atoms with Crippen molar-refractivity contribution >= 4 is 11.9 Å². The van der Waals surface area contributed by atoms with Gasteiger partial charge in [-0.3, -0.25) is 15.2 Å². The third kappa shape index (κ3) is 2.96. The number of amides is 1. The first kappa shape index (κ1) is 14.5. The van der Waals surface area contributed by atoms with Crippen molar-refractivity contribution in [2.75, 3.05) is 0 Å². The van der Waals surface area contributed by atoms with Gasteiger partial charge in [0.15, 0.2) is 0 Å². The molecule has 0 saturated carbocycles. The maximum Gasteiger partial charge on any atom is 0.338 e. The topological polar surface area (TPSA) is 82.5 Å². The van der Waals surface area contributed by atoms with Crippen LogP contribution in [0.3, 0.4) is 0 Å². The van der Waals surface area contributed by atoms with Gasteiger partial charge in [-0.25, -0.2) is 9.80 Å². The fourth-order valence-corrected chi connectivity index (χ4v) is 2.57. The van der Waals surface area contributed by atoms with Gasteiger partial charge in [0, 0.05) is 18.3 Å². The van der Waals surface area contributed by atoms with Crippen molar-refractivity contribution in [1.29, 1.82) is 0 Å². The Labute approximate surface area is 117 Å². The molecule has 1 fully saturated rings. The molecule has 2 N–H and O–H groups in total. The number of aromatic nitrogens is 1. The van der Waals surface area contributed by atoms with E-state index in [2.05, 4.69) is 10.4 Å². The summed E-state index contributed by atoms with van der Waals surface area (Å²) in [6.07, 6.45) is 4.58. The number of carboxylic acids is 1. The highest BCUT2D eigenvalue weighted by atomic mass is 16.4. The second-order valence-corrected chi connectivity index (χ2v) is 5.18. The van der Waals surface area contributed by atoms with Crippen molar-refractivity contribution in [3.63, 3.8) is 0 Å². The quantitative estimate of drug-likeness (QED) is 0.878. The monoisotopic (exact) mass is 277 g/mol. The van der Waals surface area contributed by atoms with Crippen LogP contribution in [0.4, 0.5) is 0 Å². The van der Waals surface area contributed by atoms with Crippen LogP contribution in [0.1, 0.15) is 54.0 Å². The fraction of sp³-hybridized carbons (Fsp3) is 0.500. The molecule has 1 aromatic rings. The molecule has 2 heterocycles. The van der Waals surface area contributed by atoms with E-state index in [4.69, 9.17) is 5.11 Å². The van der Waals surface area contributed by atoms with Gasteiger partial charge in [-0.15, -0.1) is 0 Å². The van der Waals surface area contributed by atoms with Gasteiger partial charge in [0.2, 0.25) is 0 Å². The van der Waals surface area contributed by atoms with Crippen LogP contribution in [0.2, 0.25) is 0 Å². The molecule has 2 unspecified atom stereocenters. The predicted molar refractivity (Wildman–Crippen MR) is 73.3 cm³/mol. The number of hydrazine groups is 1. The lowest BCUT2D eigenvalue weighted by atomic mass is 10.00. The lowest BCUT2D eigenvalue weighted by Crippen LogP contribution is -2.54. The molecule has 6 nitrogen and oxygen atoms in total. The van der Waals surface area contributed by atoms with E-state index in [0.717, 1.165) is 19.3 Å². The molecular weight excluding hydrogens is 258 g/mol. The Bertz CT molecular complexity index is 508. The standard InChI is InChI=1S/C14H19N3O3/c1-9-5-3-6-10(2)17(9)16-13(18)12-11(14(19)20)7-4-8-15-12/h4,7-10H,3,5-6H2,1-2H3,(H,16,18)(H,19,20). The molecule has 1 aliphatic heterocycles.